The maximum Gasteiger partial charge on any atom is 0.358 e. The SMILES string of the molecule is C=C1C[C@H]2[C@]3(C)CCC4(O[C@@H](C)[C@H](C)O4)C(C)(C)[C@H]3C(=O)[C@@H](O)[C@]2(C)[C@H]2C(=O)O[C@](C)(C(=O)OC)C(=O)[C@]12C. The molecule has 10 atom stereocenters. The van der Waals surface area contributed by atoms with E-state index in [9.17, 15) is 24.3 Å². The van der Waals surface area contributed by atoms with Gasteiger partial charge in [-0.15, -0.1) is 0 Å². The van der Waals surface area contributed by atoms with Gasteiger partial charge in [-0.3, -0.25) is 14.4 Å². The first-order chi connectivity index (χ1) is 17.8. The van der Waals surface area contributed by atoms with E-state index in [1.165, 1.54) is 6.92 Å². The van der Waals surface area contributed by atoms with Gasteiger partial charge in [0, 0.05) is 23.2 Å². The van der Waals surface area contributed by atoms with Crippen molar-refractivity contribution in [2.24, 2.45) is 39.4 Å². The molecule has 0 radical (unpaired) electrons. The molecule has 3 aliphatic carbocycles. The van der Waals surface area contributed by atoms with Crippen molar-refractivity contribution >= 4 is 23.5 Å². The fourth-order valence-electron chi connectivity index (χ4n) is 9.62. The Hall–Kier alpha value is -2.10. The van der Waals surface area contributed by atoms with Gasteiger partial charge in [-0.25, -0.2) is 4.79 Å². The molecule has 0 unspecified atom stereocenters. The number of carbonyl (C=O) groups is 4. The Bertz CT molecular complexity index is 1180. The molecule has 2 heterocycles. The van der Waals surface area contributed by atoms with Crippen LogP contribution in [0, 0.1) is 39.4 Å². The summed E-state index contributed by atoms with van der Waals surface area (Å²) in [7, 11) is 1.12. The first-order valence-corrected chi connectivity index (χ1v) is 13.9. The van der Waals surface area contributed by atoms with E-state index in [-0.39, 0.29) is 18.1 Å². The van der Waals surface area contributed by atoms with Crippen molar-refractivity contribution < 1.29 is 43.2 Å². The maximum atomic E-state index is 14.4. The summed E-state index contributed by atoms with van der Waals surface area (Å²) in [4.78, 5) is 54.9. The number of esters is 2. The topological polar surface area (TPSA) is 125 Å². The van der Waals surface area contributed by atoms with Crippen molar-refractivity contribution in [3.8, 4) is 0 Å². The highest BCUT2D eigenvalue weighted by Gasteiger charge is 2.79. The van der Waals surface area contributed by atoms with Crippen LogP contribution < -0.4 is 0 Å². The standard InChI is InChI=1S/C30H42O9/c1-14-13-17-26(6)11-12-30(37-15(2)16(3)38-30)25(4,5)19(26)18(31)21(32)28(17,8)20-22(33)39-29(9,24(35)36-10)23(34)27(14,20)7/h15-17,19-21,32H,1,11-13H2,2-10H3/t15-,16-,17-,19+,20-,21+,26-,27+,28-,29-/m0/s1. The minimum absolute atomic E-state index is 0.148. The lowest BCUT2D eigenvalue weighted by atomic mass is 9.34. The molecule has 1 spiro atoms. The largest absolute Gasteiger partial charge is 0.466 e. The molecule has 5 aliphatic rings. The van der Waals surface area contributed by atoms with Crippen LogP contribution in [-0.2, 0) is 38.1 Å². The fraction of sp³-hybridized carbons (Fsp3) is 0.800. The van der Waals surface area contributed by atoms with Crippen molar-refractivity contribution in [2.45, 2.75) is 104 Å². The van der Waals surface area contributed by atoms with Gasteiger partial charge >= 0.3 is 11.9 Å². The summed E-state index contributed by atoms with van der Waals surface area (Å²) in [6, 6.07) is 0. The van der Waals surface area contributed by atoms with Crippen LogP contribution in [0.15, 0.2) is 12.2 Å². The van der Waals surface area contributed by atoms with Crippen LogP contribution in [0.5, 0.6) is 0 Å². The highest BCUT2D eigenvalue weighted by Crippen LogP contribution is 2.73. The van der Waals surface area contributed by atoms with Gasteiger partial charge in [0.2, 0.25) is 0 Å². The number of hydrogen-bond acceptors (Lipinski definition) is 9. The average molecular weight is 547 g/mol. The number of cyclic esters (lactones) is 1. The molecule has 0 aromatic heterocycles. The second-order valence-corrected chi connectivity index (χ2v) is 14.0. The lowest BCUT2D eigenvalue weighted by Gasteiger charge is -2.70. The fourth-order valence-corrected chi connectivity index (χ4v) is 9.62. The van der Waals surface area contributed by atoms with E-state index in [2.05, 4.69) is 6.58 Å². The second-order valence-electron chi connectivity index (χ2n) is 14.0. The zero-order valence-electron chi connectivity index (χ0n) is 24.5. The van der Waals surface area contributed by atoms with Gasteiger partial charge in [-0.1, -0.05) is 39.8 Å². The molecule has 2 saturated heterocycles. The summed E-state index contributed by atoms with van der Waals surface area (Å²) in [6.07, 6.45) is -0.468. The smallest absolute Gasteiger partial charge is 0.358 e. The Kier molecular flexibility index (Phi) is 5.84. The molecule has 3 saturated carbocycles. The minimum atomic E-state index is -2.15. The highest BCUT2D eigenvalue weighted by molar-refractivity contribution is 6.15. The molecule has 39 heavy (non-hydrogen) atoms. The van der Waals surface area contributed by atoms with E-state index in [4.69, 9.17) is 18.9 Å². The Morgan fingerprint density at radius 2 is 1.54 bits per heavy atom. The maximum absolute atomic E-state index is 14.4. The van der Waals surface area contributed by atoms with Crippen LogP contribution in [0.2, 0.25) is 0 Å². The Balaban J connectivity index is 1.65. The van der Waals surface area contributed by atoms with Crippen LogP contribution in [0.3, 0.4) is 0 Å². The molecule has 2 aliphatic heterocycles. The Morgan fingerprint density at radius 3 is 2.08 bits per heavy atom. The van der Waals surface area contributed by atoms with Crippen LogP contribution in [0.4, 0.5) is 0 Å². The van der Waals surface area contributed by atoms with E-state index in [1.807, 2.05) is 34.6 Å². The van der Waals surface area contributed by atoms with Gasteiger partial charge in [0.15, 0.2) is 17.4 Å². The van der Waals surface area contributed by atoms with Crippen molar-refractivity contribution in [3.05, 3.63) is 12.2 Å². The lowest BCUT2D eigenvalue weighted by Crippen LogP contribution is -2.77. The molecule has 0 bridgehead atoms. The van der Waals surface area contributed by atoms with E-state index in [1.54, 1.807) is 13.8 Å². The Labute approximate surface area is 229 Å². The van der Waals surface area contributed by atoms with Crippen molar-refractivity contribution in [1.29, 1.82) is 0 Å². The third kappa shape index (κ3) is 3.02. The van der Waals surface area contributed by atoms with Crippen LogP contribution >= 0.6 is 0 Å². The normalized spacial score (nSPS) is 50.1. The summed E-state index contributed by atoms with van der Waals surface area (Å²) >= 11 is 0. The quantitative estimate of drug-likeness (QED) is 0.300. The minimum Gasteiger partial charge on any atom is -0.466 e. The molecule has 216 valence electrons. The third-order valence-electron chi connectivity index (χ3n) is 11.9. The second kappa shape index (κ2) is 8.01. The molecule has 0 aromatic rings. The molecule has 5 fully saturated rings. The zero-order chi connectivity index (χ0) is 29.3. The summed E-state index contributed by atoms with van der Waals surface area (Å²) in [5, 5.41) is 11.9. The molecule has 1 N–H and O–H groups in total. The first kappa shape index (κ1) is 28.4. The summed E-state index contributed by atoms with van der Waals surface area (Å²) < 4.78 is 23.2. The van der Waals surface area contributed by atoms with Crippen LogP contribution in [0.1, 0.15) is 74.7 Å². The van der Waals surface area contributed by atoms with Gasteiger partial charge in [0.05, 0.1) is 30.7 Å². The monoisotopic (exact) mass is 546 g/mol. The number of carbonyl (C=O) groups excluding carboxylic acids is 4. The number of Topliss-reactive ketones (excluding diaryl/α,β-unsaturated/α-hetero) is 2. The predicted molar refractivity (Wildman–Crippen MR) is 138 cm³/mol. The van der Waals surface area contributed by atoms with Gasteiger partial charge in [-0.05, 0) is 51.9 Å². The molecule has 9 heteroatoms. The van der Waals surface area contributed by atoms with Crippen molar-refractivity contribution in [2.75, 3.05) is 7.11 Å². The number of aliphatic hydroxyl groups excluding tert-OH is 1. The number of hydrogen-bond donors (Lipinski definition) is 1. The van der Waals surface area contributed by atoms with Crippen LogP contribution in [-0.4, -0.2) is 65.4 Å². The van der Waals surface area contributed by atoms with Gasteiger partial charge in [0.1, 0.15) is 6.10 Å². The van der Waals surface area contributed by atoms with Crippen LogP contribution in [0.25, 0.3) is 0 Å². The van der Waals surface area contributed by atoms with E-state index in [0.717, 1.165) is 7.11 Å². The number of ketones is 2. The van der Waals surface area contributed by atoms with E-state index < -0.39 is 74.5 Å². The molecule has 0 amide bonds. The number of fused-ring (bicyclic) bond motifs is 5. The van der Waals surface area contributed by atoms with E-state index >= 15 is 0 Å². The molecular weight excluding hydrogens is 504 g/mol. The number of methoxy groups -OCH3 is 1. The summed E-state index contributed by atoms with van der Waals surface area (Å²) in [5.74, 6) is -6.06. The number of ether oxygens (including phenoxy) is 4. The van der Waals surface area contributed by atoms with Gasteiger partial charge < -0.3 is 24.1 Å². The number of aliphatic hydroxyl groups is 1. The van der Waals surface area contributed by atoms with Crippen molar-refractivity contribution in [1.82, 2.24) is 0 Å². The predicted octanol–water partition coefficient (Wildman–Crippen LogP) is 3.16. The van der Waals surface area contributed by atoms with E-state index in [0.29, 0.717) is 24.8 Å². The van der Waals surface area contributed by atoms with Crippen molar-refractivity contribution in [3.63, 3.8) is 0 Å². The highest BCUT2D eigenvalue weighted by atomic mass is 16.8. The van der Waals surface area contributed by atoms with Gasteiger partial charge in [0.25, 0.3) is 5.60 Å². The lowest BCUT2D eigenvalue weighted by molar-refractivity contribution is -0.311. The molecule has 5 rings (SSSR count). The average Bonchev–Trinajstić information content (AvgIpc) is 3.15. The molecule has 9 nitrogen and oxygen atoms in total. The summed E-state index contributed by atoms with van der Waals surface area (Å²) in [6.45, 7) is 18.7. The Morgan fingerprint density at radius 1 is 0.974 bits per heavy atom. The number of allylic oxidation sites excluding steroid dienone is 1. The third-order valence-corrected chi connectivity index (χ3v) is 11.9. The van der Waals surface area contributed by atoms with Gasteiger partial charge in [-0.2, -0.15) is 0 Å². The first-order valence-electron chi connectivity index (χ1n) is 13.9. The zero-order valence-corrected chi connectivity index (χ0v) is 24.5. The molecular formula is C30H42O9. The number of rotatable bonds is 1. The molecule has 0 aromatic carbocycles. The summed E-state index contributed by atoms with van der Waals surface area (Å²) in [5.41, 5.74) is -6.01.